The second-order valence-electron chi connectivity index (χ2n) is 5.33. The van der Waals surface area contributed by atoms with Crippen LogP contribution in [0.25, 0.3) is 0 Å². The molecule has 0 amide bonds. The molecule has 0 saturated heterocycles. The molecular weight excluding hydrogens is 236 g/mol. The first-order chi connectivity index (χ1) is 7.91. The number of hydrogen-bond acceptors (Lipinski definition) is 2. The lowest BCUT2D eigenvalue weighted by Gasteiger charge is -2.29. The fourth-order valence-electron chi connectivity index (χ4n) is 1.50. The average Bonchev–Trinajstić information content (AvgIpc) is 2.28. The summed E-state index contributed by atoms with van der Waals surface area (Å²) in [6.07, 6.45) is -0.569. The van der Waals surface area contributed by atoms with Crippen molar-refractivity contribution in [2.45, 2.75) is 38.9 Å². The second-order valence-corrected chi connectivity index (χ2v) is 5.89. The van der Waals surface area contributed by atoms with Gasteiger partial charge >= 0.3 is 0 Å². The van der Waals surface area contributed by atoms with Crippen LogP contribution in [0.4, 0.5) is 0 Å². The van der Waals surface area contributed by atoms with E-state index in [1.54, 1.807) is 0 Å². The van der Waals surface area contributed by atoms with E-state index in [-0.39, 0.29) is 10.8 Å². The predicted molar refractivity (Wildman–Crippen MR) is 71.2 cm³/mol. The number of aliphatic hydroxyl groups is 1. The Morgan fingerprint density at radius 3 is 2.35 bits per heavy atom. The molecular formula is C14H21ClO2. The Morgan fingerprint density at radius 2 is 1.82 bits per heavy atom. The molecule has 0 aromatic heterocycles. The third-order valence-electron chi connectivity index (χ3n) is 2.62. The van der Waals surface area contributed by atoms with Gasteiger partial charge in [-0.25, -0.2) is 0 Å². The van der Waals surface area contributed by atoms with E-state index in [0.717, 1.165) is 5.56 Å². The first-order valence-corrected chi connectivity index (χ1v) is 6.28. The Bertz CT molecular complexity index is 319. The fourth-order valence-corrected chi connectivity index (χ4v) is 1.96. The minimum atomic E-state index is -0.569. The number of hydrogen-bond donors (Lipinski definition) is 1. The largest absolute Gasteiger partial charge is 0.391 e. The third kappa shape index (κ3) is 5.07. The van der Waals surface area contributed by atoms with Crippen LogP contribution in [-0.4, -0.2) is 23.2 Å². The number of aliphatic hydroxyl groups excluding tert-OH is 1. The van der Waals surface area contributed by atoms with E-state index in [9.17, 15) is 5.11 Å². The molecule has 0 aliphatic carbocycles. The summed E-state index contributed by atoms with van der Waals surface area (Å²) in [4.78, 5) is 0. The zero-order valence-electron chi connectivity index (χ0n) is 10.7. The van der Waals surface area contributed by atoms with Gasteiger partial charge in [0, 0.05) is 0 Å². The topological polar surface area (TPSA) is 29.5 Å². The van der Waals surface area contributed by atoms with Gasteiger partial charge in [-0.3, -0.25) is 0 Å². The van der Waals surface area contributed by atoms with Crippen LogP contribution in [0.5, 0.6) is 0 Å². The lowest BCUT2D eigenvalue weighted by atomic mass is 9.87. The van der Waals surface area contributed by atoms with Gasteiger partial charge in [0.2, 0.25) is 0 Å². The number of ether oxygens (including phenoxy) is 1. The van der Waals surface area contributed by atoms with Crippen LogP contribution in [0.1, 0.15) is 26.3 Å². The van der Waals surface area contributed by atoms with E-state index >= 15 is 0 Å². The number of halogens is 1. The third-order valence-corrected chi connectivity index (χ3v) is 2.98. The van der Waals surface area contributed by atoms with E-state index in [2.05, 4.69) is 0 Å². The first kappa shape index (κ1) is 14.5. The van der Waals surface area contributed by atoms with Crippen molar-refractivity contribution in [1.29, 1.82) is 0 Å². The molecule has 0 bridgehead atoms. The lowest BCUT2D eigenvalue weighted by molar-refractivity contribution is 0.0228. The van der Waals surface area contributed by atoms with Gasteiger partial charge in [-0.15, -0.1) is 11.6 Å². The smallest absolute Gasteiger partial charge is 0.0833 e. The van der Waals surface area contributed by atoms with Crippen molar-refractivity contribution < 1.29 is 9.84 Å². The predicted octanol–water partition coefficient (Wildman–Crippen LogP) is 3.22. The van der Waals surface area contributed by atoms with Crippen molar-refractivity contribution in [2.75, 3.05) is 6.61 Å². The molecule has 1 N–H and O–H groups in total. The van der Waals surface area contributed by atoms with Crippen molar-refractivity contribution in [3.63, 3.8) is 0 Å². The molecule has 1 aromatic rings. The maximum absolute atomic E-state index is 9.94. The lowest BCUT2D eigenvalue weighted by Crippen LogP contribution is -2.37. The van der Waals surface area contributed by atoms with E-state index in [1.807, 2.05) is 51.1 Å². The van der Waals surface area contributed by atoms with Crippen LogP contribution in [-0.2, 0) is 11.3 Å². The van der Waals surface area contributed by atoms with Crippen LogP contribution in [0.15, 0.2) is 30.3 Å². The summed E-state index contributed by atoms with van der Waals surface area (Å²) >= 11 is 6.11. The second kappa shape index (κ2) is 6.39. The van der Waals surface area contributed by atoms with Crippen molar-refractivity contribution in [3.8, 4) is 0 Å². The molecule has 0 radical (unpaired) electrons. The quantitative estimate of drug-likeness (QED) is 0.820. The molecule has 0 aliphatic rings. The van der Waals surface area contributed by atoms with E-state index in [0.29, 0.717) is 13.2 Å². The molecule has 1 rings (SSSR count). The van der Waals surface area contributed by atoms with Gasteiger partial charge in [-0.1, -0.05) is 51.1 Å². The molecule has 3 heteroatoms. The first-order valence-electron chi connectivity index (χ1n) is 5.85. The van der Waals surface area contributed by atoms with E-state index in [1.165, 1.54) is 0 Å². The van der Waals surface area contributed by atoms with Crippen LogP contribution in [0.2, 0.25) is 0 Å². The molecule has 1 aromatic carbocycles. The molecule has 0 unspecified atom stereocenters. The van der Waals surface area contributed by atoms with Crippen molar-refractivity contribution in [1.82, 2.24) is 0 Å². The Hall–Kier alpha value is -0.570. The molecule has 0 spiro atoms. The molecule has 17 heavy (non-hydrogen) atoms. The van der Waals surface area contributed by atoms with Crippen LogP contribution < -0.4 is 0 Å². The summed E-state index contributed by atoms with van der Waals surface area (Å²) in [5.74, 6) is 0. The average molecular weight is 257 g/mol. The van der Waals surface area contributed by atoms with Gasteiger partial charge in [-0.2, -0.15) is 0 Å². The van der Waals surface area contributed by atoms with E-state index in [4.69, 9.17) is 16.3 Å². The minimum absolute atomic E-state index is 0.220. The van der Waals surface area contributed by atoms with Crippen molar-refractivity contribution in [3.05, 3.63) is 35.9 Å². The molecule has 0 saturated carbocycles. The Morgan fingerprint density at radius 1 is 1.24 bits per heavy atom. The fraction of sp³-hybridized carbons (Fsp3) is 0.571. The van der Waals surface area contributed by atoms with Gasteiger partial charge < -0.3 is 9.84 Å². The number of benzene rings is 1. The maximum atomic E-state index is 9.94. The maximum Gasteiger partial charge on any atom is 0.0833 e. The molecule has 0 fully saturated rings. The highest BCUT2D eigenvalue weighted by atomic mass is 35.5. The van der Waals surface area contributed by atoms with Gasteiger partial charge in [0.15, 0.2) is 0 Å². The molecule has 96 valence electrons. The molecule has 2 nitrogen and oxygen atoms in total. The highest BCUT2D eigenvalue weighted by Crippen LogP contribution is 2.24. The van der Waals surface area contributed by atoms with Crippen LogP contribution >= 0.6 is 11.6 Å². The summed E-state index contributed by atoms with van der Waals surface area (Å²) in [6, 6.07) is 9.92. The van der Waals surface area contributed by atoms with E-state index < -0.39 is 6.10 Å². The number of alkyl halides is 1. The van der Waals surface area contributed by atoms with Crippen LogP contribution in [0.3, 0.4) is 0 Å². The van der Waals surface area contributed by atoms with Gasteiger partial charge in [0.1, 0.15) is 0 Å². The molecule has 0 heterocycles. The molecule has 0 aliphatic heterocycles. The molecule has 2 atom stereocenters. The Labute approximate surface area is 109 Å². The van der Waals surface area contributed by atoms with Gasteiger partial charge in [0.25, 0.3) is 0 Å². The summed E-state index contributed by atoms with van der Waals surface area (Å²) in [5.41, 5.74) is 0.893. The summed E-state index contributed by atoms with van der Waals surface area (Å²) < 4.78 is 5.51. The zero-order valence-corrected chi connectivity index (χ0v) is 11.4. The minimum Gasteiger partial charge on any atom is -0.391 e. The summed E-state index contributed by atoms with van der Waals surface area (Å²) in [7, 11) is 0. The van der Waals surface area contributed by atoms with Gasteiger partial charge in [0.05, 0.1) is 24.7 Å². The number of rotatable bonds is 5. The summed E-state index contributed by atoms with van der Waals surface area (Å²) in [6.45, 7) is 6.77. The van der Waals surface area contributed by atoms with Crippen molar-refractivity contribution >= 4 is 11.6 Å². The monoisotopic (exact) mass is 256 g/mol. The Kier molecular flexibility index (Phi) is 5.44. The van der Waals surface area contributed by atoms with Gasteiger partial charge in [-0.05, 0) is 11.0 Å². The summed E-state index contributed by atoms with van der Waals surface area (Å²) in [5, 5.41) is 9.56. The zero-order chi connectivity index (χ0) is 12.9. The SMILES string of the molecule is CC(C)(C)[C@@H](O)[C@@H](Cl)COCc1ccccc1. The van der Waals surface area contributed by atoms with Crippen molar-refractivity contribution in [2.24, 2.45) is 5.41 Å². The standard InChI is InChI=1S/C14H21ClO2/c1-14(2,3)13(16)12(15)10-17-9-11-7-5-4-6-8-11/h4-8,12-13,16H,9-10H2,1-3H3/t12-,13-/m0/s1. The van der Waals surface area contributed by atoms with Crippen LogP contribution in [0, 0.1) is 5.41 Å². The highest BCUT2D eigenvalue weighted by Gasteiger charge is 2.29. The highest BCUT2D eigenvalue weighted by molar-refractivity contribution is 6.21. The normalized spacial score (nSPS) is 15.6. The Balaban J connectivity index is 2.32.